The van der Waals surface area contributed by atoms with Crippen LogP contribution in [-0.4, -0.2) is 44.3 Å². The standard InChI is InChI=1S/C33H33Cl2F2NO2/c1-33(37,25-19-38(20-25)16-4-15-36)24-10-7-21(8-11-24)31-27-13-9-23(32(39)40-2)17-22(27)5-3-6-29(31)28-14-12-26(34)18-30(28)35/h7-14,17-18,25H,3-6,15-16,19-20H2,1-2H3. The number of hydrogen-bond donors (Lipinski definition) is 0. The van der Waals surface area contributed by atoms with Crippen LogP contribution in [-0.2, 0) is 16.8 Å². The zero-order chi connectivity index (χ0) is 28.4. The molecule has 0 spiro atoms. The van der Waals surface area contributed by atoms with Gasteiger partial charge in [0, 0.05) is 35.6 Å². The molecule has 1 aliphatic heterocycles. The molecule has 0 bridgehead atoms. The number of rotatable bonds is 8. The maximum atomic E-state index is 16.0. The lowest BCUT2D eigenvalue weighted by Gasteiger charge is -2.45. The molecule has 7 heteroatoms. The van der Waals surface area contributed by atoms with Gasteiger partial charge in [-0.15, -0.1) is 0 Å². The molecule has 210 valence electrons. The van der Waals surface area contributed by atoms with Gasteiger partial charge in [-0.25, -0.2) is 9.18 Å². The SMILES string of the molecule is COC(=O)c1ccc2c(c1)CCCC(c1ccc(Cl)cc1Cl)=C2c1ccc(C(C)(F)C2CN(CCCF)C2)cc1. The minimum Gasteiger partial charge on any atom is -0.465 e. The normalized spacial score (nSPS) is 17.6. The summed E-state index contributed by atoms with van der Waals surface area (Å²) in [5.41, 5.74) is 5.69. The summed E-state index contributed by atoms with van der Waals surface area (Å²) in [5, 5.41) is 1.14. The van der Waals surface area contributed by atoms with Crippen molar-refractivity contribution < 1.29 is 18.3 Å². The summed E-state index contributed by atoms with van der Waals surface area (Å²) in [6.45, 7) is 3.24. The Hall–Kier alpha value is -2.73. The number of carbonyl (C=O) groups is 1. The van der Waals surface area contributed by atoms with Crippen molar-refractivity contribution in [3.8, 4) is 0 Å². The van der Waals surface area contributed by atoms with E-state index >= 15 is 4.39 Å². The van der Waals surface area contributed by atoms with Gasteiger partial charge in [-0.2, -0.15) is 0 Å². The highest BCUT2D eigenvalue weighted by molar-refractivity contribution is 6.36. The lowest BCUT2D eigenvalue weighted by molar-refractivity contribution is -0.0228. The molecule has 2 aliphatic rings. The van der Waals surface area contributed by atoms with Crippen LogP contribution in [0.3, 0.4) is 0 Å². The largest absolute Gasteiger partial charge is 0.465 e. The monoisotopic (exact) mass is 583 g/mol. The third-order valence-corrected chi connectivity index (χ3v) is 8.84. The Morgan fingerprint density at radius 3 is 2.42 bits per heavy atom. The summed E-state index contributed by atoms with van der Waals surface area (Å²) in [7, 11) is 1.38. The quantitative estimate of drug-likeness (QED) is 0.249. The summed E-state index contributed by atoms with van der Waals surface area (Å²) in [6, 6.07) is 18.9. The lowest BCUT2D eigenvalue weighted by atomic mass is 9.78. The summed E-state index contributed by atoms with van der Waals surface area (Å²) in [5.74, 6) is -0.500. The molecule has 1 saturated heterocycles. The number of halogens is 4. The van der Waals surface area contributed by atoms with Crippen LogP contribution in [0.5, 0.6) is 0 Å². The molecule has 3 nitrogen and oxygen atoms in total. The fourth-order valence-corrected chi connectivity index (χ4v) is 6.47. The van der Waals surface area contributed by atoms with Crippen molar-refractivity contribution >= 4 is 40.3 Å². The number of nitrogens with zero attached hydrogens (tertiary/aromatic N) is 1. The van der Waals surface area contributed by atoms with Crippen molar-refractivity contribution in [1.82, 2.24) is 4.90 Å². The number of aryl methyl sites for hydroxylation is 1. The Morgan fingerprint density at radius 2 is 1.75 bits per heavy atom. The number of fused-ring (bicyclic) bond motifs is 1. The first-order chi connectivity index (χ1) is 19.2. The number of esters is 1. The third-order valence-electron chi connectivity index (χ3n) is 8.30. The van der Waals surface area contributed by atoms with Gasteiger partial charge in [0.2, 0.25) is 0 Å². The van der Waals surface area contributed by atoms with Crippen molar-refractivity contribution in [2.24, 2.45) is 5.92 Å². The number of allylic oxidation sites excluding steroid dienone is 1. The molecule has 1 unspecified atom stereocenters. The minimum absolute atomic E-state index is 0.129. The van der Waals surface area contributed by atoms with Crippen molar-refractivity contribution in [2.45, 2.75) is 38.3 Å². The molecular weight excluding hydrogens is 551 g/mol. The second-order valence-electron chi connectivity index (χ2n) is 10.8. The predicted molar refractivity (Wildman–Crippen MR) is 159 cm³/mol. The summed E-state index contributed by atoms with van der Waals surface area (Å²) >= 11 is 12.9. The summed E-state index contributed by atoms with van der Waals surface area (Å²) < 4.78 is 33.5. The summed E-state index contributed by atoms with van der Waals surface area (Å²) in [4.78, 5) is 14.4. The van der Waals surface area contributed by atoms with Crippen LogP contribution in [0.2, 0.25) is 10.0 Å². The Kier molecular flexibility index (Phi) is 8.65. The molecule has 40 heavy (non-hydrogen) atoms. The first-order valence-corrected chi connectivity index (χ1v) is 14.5. The Morgan fingerprint density at radius 1 is 1.02 bits per heavy atom. The molecule has 0 radical (unpaired) electrons. The van der Waals surface area contributed by atoms with Crippen LogP contribution in [0, 0.1) is 5.92 Å². The van der Waals surface area contributed by atoms with Gasteiger partial charge in [-0.05, 0) is 95.8 Å². The van der Waals surface area contributed by atoms with Crippen LogP contribution in [0.25, 0.3) is 11.1 Å². The predicted octanol–water partition coefficient (Wildman–Crippen LogP) is 8.55. The molecule has 0 saturated carbocycles. The van der Waals surface area contributed by atoms with Crippen LogP contribution >= 0.6 is 23.2 Å². The molecule has 5 rings (SSSR count). The maximum Gasteiger partial charge on any atom is 0.337 e. The lowest BCUT2D eigenvalue weighted by Crippen LogP contribution is -2.54. The van der Waals surface area contributed by atoms with E-state index in [4.69, 9.17) is 27.9 Å². The number of alkyl halides is 2. The van der Waals surface area contributed by atoms with E-state index in [1.165, 1.54) is 7.11 Å². The number of hydrogen-bond acceptors (Lipinski definition) is 3. The zero-order valence-corrected chi connectivity index (χ0v) is 24.3. The van der Waals surface area contributed by atoms with E-state index in [0.717, 1.165) is 52.7 Å². The van der Waals surface area contributed by atoms with Gasteiger partial charge in [-0.1, -0.05) is 59.6 Å². The van der Waals surface area contributed by atoms with E-state index in [0.29, 0.717) is 47.2 Å². The topological polar surface area (TPSA) is 29.5 Å². The molecule has 0 amide bonds. The Bertz CT molecular complexity index is 1430. The number of benzene rings is 3. The van der Waals surface area contributed by atoms with Gasteiger partial charge in [0.15, 0.2) is 0 Å². The van der Waals surface area contributed by atoms with E-state index in [1.807, 2.05) is 48.5 Å². The smallest absolute Gasteiger partial charge is 0.337 e. The van der Waals surface area contributed by atoms with E-state index < -0.39 is 5.67 Å². The van der Waals surface area contributed by atoms with Crippen LogP contribution in [0.1, 0.15) is 64.4 Å². The van der Waals surface area contributed by atoms with Gasteiger partial charge in [0.25, 0.3) is 0 Å². The van der Waals surface area contributed by atoms with Crippen LogP contribution < -0.4 is 0 Å². The Balaban J connectivity index is 1.56. The highest BCUT2D eigenvalue weighted by Gasteiger charge is 2.43. The molecule has 0 N–H and O–H groups in total. The molecule has 1 heterocycles. The van der Waals surface area contributed by atoms with Gasteiger partial charge < -0.3 is 9.64 Å². The fraction of sp³-hybridized carbons (Fsp3) is 0.364. The van der Waals surface area contributed by atoms with E-state index in [-0.39, 0.29) is 18.6 Å². The molecular formula is C33H33Cl2F2NO2. The number of carbonyl (C=O) groups excluding carboxylic acids is 1. The molecule has 0 aromatic heterocycles. The number of likely N-dealkylation sites (tertiary alicyclic amines) is 1. The Labute approximate surface area is 244 Å². The molecule has 1 aliphatic carbocycles. The highest BCUT2D eigenvalue weighted by Crippen LogP contribution is 2.44. The minimum atomic E-state index is -1.49. The second kappa shape index (κ2) is 12.0. The first kappa shape index (κ1) is 28.8. The van der Waals surface area contributed by atoms with Gasteiger partial charge >= 0.3 is 5.97 Å². The van der Waals surface area contributed by atoms with Gasteiger partial charge in [-0.3, -0.25) is 4.39 Å². The van der Waals surface area contributed by atoms with Crippen molar-refractivity contribution in [2.75, 3.05) is 33.4 Å². The molecule has 1 atom stereocenters. The molecule has 1 fully saturated rings. The number of ether oxygens (including phenoxy) is 1. The third kappa shape index (κ3) is 5.70. The average molecular weight is 585 g/mol. The number of methoxy groups -OCH3 is 1. The van der Waals surface area contributed by atoms with Crippen molar-refractivity contribution in [1.29, 1.82) is 0 Å². The van der Waals surface area contributed by atoms with Crippen molar-refractivity contribution in [3.63, 3.8) is 0 Å². The van der Waals surface area contributed by atoms with E-state index in [1.54, 1.807) is 19.1 Å². The first-order valence-electron chi connectivity index (χ1n) is 13.7. The van der Waals surface area contributed by atoms with Gasteiger partial charge in [0.1, 0.15) is 5.67 Å². The summed E-state index contributed by atoms with van der Waals surface area (Å²) in [6.07, 6.45) is 2.93. The molecule has 3 aromatic rings. The fourth-order valence-electron chi connectivity index (χ4n) is 5.94. The van der Waals surface area contributed by atoms with Crippen LogP contribution in [0.4, 0.5) is 8.78 Å². The van der Waals surface area contributed by atoms with Gasteiger partial charge in [0.05, 0.1) is 19.3 Å². The van der Waals surface area contributed by atoms with Crippen molar-refractivity contribution in [3.05, 3.63) is 104 Å². The second-order valence-corrected chi connectivity index (χ2v) is 11.7. The average Bonchev–Trinajstić information content (AvgIpc) is 3.11. The highest BCUT2D eigenvalue weighted by atomic mass is 35.5. The molecule has 3 aromatic carbocycles. The van der Waals surface area contributed by atoms with E-state index in [2.05, 4.69) is 4.90 Å². The maximum absolute atomic E-state index is 16.0. The van der Waals surface area contributed by atoms with E-state index in [9.17, 15) is 9.18 Å². The zero-order valence-electron chi connectivity index (χ0n) is 22.8. The van der Waals surface area contributed by atoms with Crippen LogP contribution in [0.15, 0.2) is 60.7 Å².